The zero-order valence-corrected chi connectivity index (χ0v) is 9.82. The van der Waals surface area contributed by atoms with Crippen molar-refractivity contribution in [1.82, 2.24) is 10.9 Å². The van der Waals surface area contributed by atoms with Gasteiger partial charge in [0.25, 0.3) is 5.91 Å². The molecule has 1 aliphatic carbocycles. The third-order valence-corrected chi connectivity index (χ3v) is 3.09. The van der Waals surface area contributed by atoms with Gasteiger partial charge in [0, 0.05) is 11.5 Å². The minimum Gasteiger partial charge on any atom is -0.273 e. The molecule has 2 rings (SSSR count). The number of rotatable bonds is 2. The number of carbonyl (C=O) groups is 2. The fourth-order valence-corrected chi connectivity index (χ4v) is 1.67. The number of aryl methyl sites for hydroxylation is 1. The van der Waals surface area contributed by atoms with Gasteiger partial charge in [-0.1, -0.05) is 24.1 Å². The van der Waals surface area contributed by atoms with E-state index in [1.807, 2.05) is 19.1 Å². The Balaban J connectivity index is 1.84. The summed E-state index contributed by atoms with van der Waals surface area (Å²) in [6.45, 7) is 1.96. The van der Waals surface area contributed by atoms with E-state index < -0.39 is 0 Å². The van der Waals surface area contributed by atoms with Gasteiger partial charge in [0.05, 0.1) is 0 Å². The standard InChI is InChI=1S/C13H16N2O2/c1-9-5-7-11(8-6-9)13(17)15-14-12(16)10-3-2-4-10/h5-8,10H,2-4H2,1H3,(H,14,16)(H,15,17). The second-order valence-electron chi connectivity index (χ2n) is 4.44. The van der Waals surface area contributed by atoms with Crippen LogP contribution in [0.15, 0.2) is 24.3 Å². The van der Waals surface area contributed by atoms with Crippen molar-refractivity contribution in [3.05, 3.63) is 35.4 Å². The molecule has 0 radical (unpaired) electrons. The molecule has 2 N–H and O–H groups in total. The maximum Gasteiger partial charge on any atom is 0.269 e. The van der Waals surface area contributed by atoms with Gasteiger partial charge in [-0.25, -0.2) is 0 Å². The van der Waals surface area contributed by atoms with Crippen LogP contribution >= 0.6 is 0 Å². The summed E-state index contributed by atoms with van der Waals surface area (Å²) in [7, 11) is 0. The lowest BCUT2D eigenvalue weighted by Crippen LogP contribution is -2.46. The molecule has 0 aliphatic heterocycles. The SMILES string of the molecule is Cc1ccc(C(=O)NNC(=O)C2CCC2)cc1. The highest BCUT2D eigenvalue weighted by molar-refractivity contribution is 5.95. The summed E-state index contributed by atoms with van der Waals surface area (Å²) >= 11 is 0. The molecule has 0 saturated heterocycles. The first-order valence-electron chi connectivity index (χ1n) is 5.83. The fraction of sp³-hybridized carbons (Fsp3) is 0.385. The Kier molecular flexibility index (Phi) is 3.42. The third kappa shape index (κ3) is 2.84. The van der Waals surface area contributed by atoms with Gasteiger partial charge in [0.1, 0.15) is 0 Å². The van der Waals surface area contributed by atoms with Crippen molar-refractivity contribution in [3.8, 4) is 0 Å². The van der Waals surface area contributed by atoms with E-state index in [1.54, 1.807) is 12.1 Å². The molecule has 4 heteroatoms. The number of carbonyl (C=O) groups excluding carboxylic acids is 2. The van der Waals surface area contributed by atoms with Crippen molar-refractivity contribution in [2.75, 3.05) is 0 Å². The average Bonchev–Trinajstić information content (AvgIpc) is 2.24. The van der Waals surface area contributed by atoms with E-state index in [2.05, 4.69) is 10.9 Å². The van der Waals surface area contributed by atoms with E-state index >= 15 is 0 Å². The fourth-order valence-electron chi connectivity index (χ4n) is 1.67. The lowest BCUT2D eigenvalue weighted by molar-refractivity contribution is -0.128. The van der Waals surface area contributed by atoms with Crippen LogP contribution in [0.3, 0.4) is 0 Å². The minimum absolute atomic E-state index is 0.0771. The summed E-state index contributed by atoms with van der Waals surface area (Å²) in [4.78, 5) is 23.2. The van der Waals surface area contributed by atoms with Gasteiger partial charge >= 0.3 is 0 Å². The van der Waals surface area contributed by atoms with Gasteiger partial charge in [-0.2, -0.15) is 0 Å². The van der Waals surface area contributed by atoms with Crippen LogP contribution < -0.4 is 10.9 Å². The molecule has 0 aromatic heterocycles. The van der Waals surface area contributed by atoms with Crippen molar-refractivity contribution in [2.24, 2.45) is 5.92 Å². The summed E-state index contributed by atoms with van der Waals surface area (Å²) in [5.41, 5.74) is 6.53. The summed E-state index contributed by atoms with van der Waals surface area (Å²) in [5, 5.41) is 0. The molecule has 0 spiro atoms. The molecule has 1 saturated carbocycles. The molecule has 0 bridgehead atoms. The van der Waals surface area contributed by atoms with Gasteiger partial charge in [-0.3, -0.25) is 20.4 Å². The molecule has 1 fully saturated rings. The van der Waals surface area contributed by atoms with Crippen molar-refractivity contribution in [2.45, 2.75) is 26.2 Å². The van der Waals surface area contributed by atoms with Crippen LogP contribution in [0, 0.1) is 12.8 Å². The third-order valence-electron chi connectivity index (χ3n) is 3.09. The van der Waals surface area contributed by atoms with Crippen LogP contribution in [0.5, 0.6) is 0 Å². The van der Waals surface area contributed by atoms with Gasteiger partial charge in [0.15, 0.2) is 0 Å². The molecular weight excluding hydrogens is 216 g/mol. The molecule has 0 atom stereocenters. The summed E-state index contributed by atoms with van der Waals surface area (Å²) in [5.74, 6) is -0.289. The number of amides is 2. The van der Waals surface area contributed by atoms with Crippen LogP contribution in [-0.2, 0) is 4.79 Å². The number of nitrogens with one attached hydrogen (secondary N) is 2. The van der Waals surface area contributed by atoms with Crippen LogP contribution in [-0.4, -0.2) is 11.8 Å². The van der Waals surface area contributed by atoms with Gasteiger partial charge in [-0.05, 0) is 31.9 Å². The zero-order valence-electron chi connectivity index (χ0n) is 9.82. The second-order valence-corrected chi connectivity index (χ2v) is 4.44. The highest BCUT2D eigenvalue weighted by Gasteiger charge is 2.25. The first-order chi connectivity index (χ1) is 8.16. The Labute approximate surface area is 100 Å². The molecule has 0 unspecified atom stereocenters. The molecular formula is C13H16N2O2. The van der Waals surface area contributed by atoms with Crippen molar-refractivity contribution >= 4 is 11.8 Å². The predicted octanol–water partition coefficient (Wildman–Crippen LogP) is 1.56. The van der Waals surface area contributed by atoms with E-state index in [4.69, 9.17) is 0 Å². The highest BCUT2D eigenvalue weighted by atomic mass is 16.2. The quantitative estimate of drug-likeness (QED) is 0.760. The molecule has 90 valence electrons. The highest BCUT2D eigenvalue weighted by Crippen LogP contribution is 2.25. The van der Waals surface area contributed by atoms with E-state index in [0.29, 0.717) is 5.56 Å². The van der Waals surface area contributed by atoms with E-state index in [1.165, 1.54) is 0 Å². The molecule has 1 aliphatic rings. The van der Waals surface area contributed by atoms with E-state index in [9.17, 15) is 9.59 Å². The Morgan fingerprint density at radius 1 is 1.12 bits per heavy atom. The number of hydrogen-bond acceptors (Lipinski definition) is 2. The van der Waals surface area contributed by atoms with Gasteiger partial charge < -0.3 is 0 Å². The number of hydrazine groups is 1. The van der Waals surface area contributed by atoms with Crippen LogP contribution in [0.2, 0.25) is 0 Å². The number of benzene rings is 1. The first kappa shape index (κ1) is 11.6. The van der Waals surface area contributed by atoms with Crippen molar-refractivity contribution < 1.29 is 9.59 Å². The van der Waals surface area contributed by atoms with E-state index in [0.717, 1.165) is 24.8 Å². The van der Waals surface area contributed by atoms with Gasteiger partial charge in [0.2, 0.25) is 5.91 Å². The molecule has 2 amide bonds. The maximum atomic E-state index is 11.7. The Morgan fingerprint density at radius 3 is 2.29 bits per heavy atom. The van der Waals surface area contributed by atoms with Crippen LogP contribution in [0.25, 0.3) is 0 Å². The summed E-state index contributed by atoms with van der Waals surface area (Å²) < 4.78 is 0. The Hall–Kier alpha value is -1.84. The second kappa shape index (κ2) is 4.99. The Bertz CT molecular complexity index is 422. The minimum atomic E-state index is -0.280. The Morgan fingerprint density at radius 2 is 1.76 bits per heavy atom. The smallest absolute Gasteiger partial charge is 0.269 e. The van der Waals surface area contributed by atoms with Crippen LogP contribution in [0.1, 0.15) is 35.2 Å². The van der Waals surface area contributed by atoms with Crippen molar-refractivity contribution in [1.29, 1.82) is 0 Å². The zero-order chi connectivity index (χ0) is 12.3. The molecule has 17 heavy (non-hydrogen) atoms. The lowest BCUT2D eigenvalue weighted by atomic mass is 9.85. The average molecular weight is 232 g/mol. The van der Waals surface area contributed by atoms with Crippen molar-refractivity contribution in [3.63, 3.8) is 0 Å². The number of hydrogen-bond donors (Lipinski definition) is 2. The van der Waals surface area contributed by atoms with Gasteiger partial charge in [-0.15, -0.1) is 0 Å². The monoisotopic (exact) mass is 232 g/mol. The first-order valence-corrected chi connectivity index (χ1v) is 5.83. The molecule has 4 nitrogen and oxygen atoms in total. The molecule has 0 heterocycles. The van der Waals surface area contributed by atoms with E-state index in [-0.39, 0.29) is 17.7 Å². The molecule has 1 aromatic carbocycles. The predicted molar refractivity (Wildman–Crippen MR) is 64.1 cm³/mol. The molecule has 1 aromatic rings. The summed E-state index contributed by atoms with van der Waals surface area (Å²) in [6.07, 6.45) is 2.95. The lowest BCUT2D eigenvalue weighted by Gasteiger charge is -2.23. The van der Waals surface area contributed by atoms with Crippen LogP contribution in [0.4, 0.5) is 0 Å². The summed E-state index contributed by atoms with van der Waals surface area (Å²) in [6, 6.07) is 7.20. The normalized spacial score (nSPS) is 14.9. The topological polar surface area (TPSA) is 58.2 Å². The maximum absolute atomic E-state index is 11.7. The largest absolute Gasteiger partial charge is 0.273 e.